The van der Waals surface area contributed by atoms with Gasteiger partial charge in [0.25, 0.3) is 0 Å². The predicted molar refractivity (Wildman–Crippen MR) is 271 cm³/mol. The third-order valence-electron chi connectivity index (χ3n) is 15.5. The Morgan fingerprint density at radius 3 is 1.86 bits per heavy atom. The highest BCUT2D eigenvalue weighted by Crippen LogP contribution is 2.38. The van der Waals surface area contributed by atoms with Crippen molar-refractivity contribution in [3.63, 3.8) is 0 Å². The summed E-state index contributed by atoms with van der Waals surface area (Å²) >= 11 is 0. The van der Waals surface area contributed by atoms with Gasteiger partial charge in [-0.3, -0.25) is 28.8 Å². The minimum Gasteiger partial charge on any atom is -0.488 e. The monoisotopic (exact) mass is 959 g/mol. The molecule has 3 aromatic rings. The lowest BCUT2D eigenvalue weighted by Gasteiger charge is -2.42. The van der Waals surface area contributed by atoms with E-state index in [1.807, 2.05) is 97.9 Å². The topological polar surface area (TPSA) is 166 Å². The van der Waals surface area contributed by atoms with Crippen molar-refractivity contribution in [1.29, 1.82) is 0 Å². The Kier molecular flexibility index (Phi) is 16.3. The molecule has 1 saturated heterocycles. The first-order valence-corrected chi connectivity index (χ1v) is 25.8. The number of aryl methyl sites for hydroxylation is 2. The average molecular weight is 959 g/mol. The third-order valence-corrected chi connectivity index (χ3v) is 15.5. The van der Waals surface area contributed by atoms with Crippen LogP contribution in [0.15, 0.2) is 66.7 Å². The summed E-state index contributed by atoms with van der Waals surface area (Å²) in [7, 11) is 1.72. The van der Waals surface area contributed by atoms with Gasteiger partial charge < -0.3 is 35.8 Å². The molecule has 0 radical (unpaired) electrons. The SMILES string of the molecule is CC[C@@H](C)C(=O)N[C@H](C(=O)N1Cc2cc(OC3C[C@@H](C(=O)NC4CCCc5ccccc54)N(C(=O)[C@@H](CC(=O)[C@H](C)NC)C(C)(C)C)C3)ccc2C[C@H]1C(=O)NC1CCCc2ccccc21)C(C)(C)C. The highest BCUT2D eigenvalue weighted by Gasteiger charge is 2.47. The number of nitrogens with zero attached hydrogens (tertiary/aromatic N) is 2. The zero-order chi connectivity index (χ0) is 50.7. The largest absolute Gasteiger partial charge is 0.488 e. The van der Waals surface area contributed by atoms with Gasteiger partial charge >= 0.3 is 0 Å². The van der Waals surface area contributed by atoms with Crippen molar-refractivity contribution in [2.24, 2.45) is 22.7 Å². The Bertz CT molecular complexity index is 2420. The van der Waals surface area contributed by atoms with Gasteiger partial charge in [0.05, 0.1) is 24.7 Å². The number of ketones is 1. The number of likely N-dealkylation sites (N-methyl/N-ethyl adjacent to an activating group) is 1. The van der Waals surface area contributed by atoms with E-state index in [9.17, 15) is 24.0 Å². The summed E-state index contributed by atoms with van der Waals surface area (Å²) in [5.74, 6) is -1.84. The third kappa shape index (κ3) is 11.8. The maximum Gasteiger partial charge on any atom is 0.246 e. The maximum absolute atomic E-state index is 15.0. The molecule has 13 nitrogen and oxygen atoms in total. The van der Waals surface area contributed by atoms with Crippen molar-refractivity contribution in [3.8, 4) is 5.75 Å². The van der Waals surface area contributed by atoms with Crippen LogP contribution in [0, 0.1) is 22.7 Å². The first kappa shape index (κ1) is 52.3. The molecule has 378 valence electrons. The van der Waals surface area contributed by atoms with E-state index in [0.717, 1.165) is 60.8 Å². The zero-order valence-corrected chi connectivity index (χ0v) is 43.3. The van der Waals surface area contributed by atoms with Gasteiger partial charge in [-0.05, 0) is 115 Å². The molecule has 2 aliphatic carbocycles. The van der Waals surface area contributed by atoms with Crippen LogP contribution in [0.5, 0.6) is 5.75 Å². The van der Waals surface area contributed by atoms with Gasteiger partial charge in [-0.15, -0.1) is 0 Å². The summed E-state index contributed by atoms with van der Waals surface area (Å²) < 4.78 is 6.76. The van der Waals surface area contributed by atoms with Gasteiger partial charge in [0.1, 0.15) is 35.8 Å². The zero-order valence-electron chi connectivity index (χ0n) is 43.3. The number of fused-ring (bicyclic) bond motifs is 3. The summed E-state index contributed by atoms with van der Waals surface area (Å²) in [6.45, 7) is 17.5. The first-order chi connectivity index (χ1) is 33.2. The number of likely N-dealkylation sites (tertiary alicyclic amines) is 1. The molecule has 7 rings (SSSR count). The van der Waals surface area contributed by atoms with Crippen LogP contribution in [-0.2, 0) is 54.6 Å². The predicted octanol–water partition coefficient (Wildman–Crippen LogP) is 7.48. The van der Waals surface area contributed by atoms with Crippen LogP contribution in [0.1, 0.15) is 153 Å². The molecule has 0 saturated carbocycles. The van der Waals surface area contributed by atoms with Crippen LogP contribution >= 0.6 is 0 Å². The molecule has 9 atom stereocenters. The molecule has 1 fully saturated rings. The van der Waals surface area contributed by atoms with E-state index < -0.39 is 47.0 Å². The molecule has 3 unspecified atom stereocenters. The van der Waals surface area contributed by atoms with Crippen molar-refractivity contribution in [2.75, 3.05) is 13.6 Å². The molecule has 3 aromatic carbocycles. The number of hydrogen-bond donors (Lipinski definition) is 4. The Morgan fingerprint density at radius 1 is 0.714 bits per heavy atom. The Balaban J connectivity index is 1.17. The lowest BCUT2D eigenvalue weighted by molar-refractivity contribution is -0.147. The standard InChI is InChI=1S/C57H78N6O7/c1-11-34(2)51(65)61-50(57(7,8)9)55(69)62-32-39-28-40(27-26-38(39)29-47(62)52(66)59-45-24-16-20-36-18-12-14-22-42(36)45)70-41-30-48(53(67)60-46-25-17-21-37-19-13-15-23-43(37)46)63(33-41)54(68)44(56(4,5)6)31-49(64)35(3)58-10/h12-15,18-19,22-23,26-28,34-35,41,44-48,50,58H,11,16-17,20-21,24-25,29-33H2,1-10H3,(H,59,66)(H,60,67)(H,61,65)/t34-,35+,41?,44-,45?,46?,47+,48+,50-/m1/s1. The van der Waals surface area contributed by atoms with Crippen LogP contribution in [0.3, 0.4) is 0 Å². The summed E-state index contributed by atoms with van der Waals surface area (Å²) in [4.78, 5) is 89.2. The molecule has 2 aliphatic heterocycles. The number of benzene rings is 3. The Morgan fingerprint density at radius 2 is 1.30 bits per heavy atom. The number of amides is 5. The van der Waals surface area contributed by atoms with Crippen LogP contribution in [0.2, 0.25) is 0 Å². The Labute approximate surface area is 416 Å². The normalized spacial score (nSPS) is 22.8. The number of rotatable bonds is 15. The number of ether oxygens (including phenoxy) is 1. The second kappa shape index (κ2) is 21.8. The van der Waals surface area contributed by atoms with Gasteiger partial charge in [-0.2, -0.15) is 0 Å². The van der Waals surface area contributed by atoms with Crippen LogP contribution in [0.4, 0.5) is 0 Å². The molecule has 13 heteroatoms. The molecule has 5 amide bonds. The van der Waals surface area contributed by atoms with E-state index in [1.54, 1.807) is 23.8 Å². The fourth-order valence-corrected chi connectivity index (χ4v) is 10.8. The van der Waals surface area contributed by atoms with Gasteiger partial charge in [-0.25, -0.2) is 0 Å². The Hall–Kier alpha value is -5.56. The molecule has 0 aromatic heterocycles. The van der Waals surface area contributed by atoms with E-state index in [4.69, 9.17) is 4.74 Å². The average Bonchev–Trinajstić information content (AvgIpc) is 3.76. The van der Waals surface area contributed by atoms with E-state index in [2.05, 4.69) is 45.5 Å². The number of carbonyl (C=O) groups is 6. The highest BCUT2D eigenvalue weighted by molar-refractivity contribution is 5.95. The van der Waals surface area contributed by atoms with Crippen molar-refractivity contribution in [3.05, 3.63) is 100 Å². The van der Waals surface area contributed by atoms with Gasteiger partial charge in [0.2, 0.25) is 29.5 Å². The number of carbonyl (C=O) groups excluding carboxylic acids is 6. The molecule has 0 bridgehead atoms. The quantitative estimate of drug-likeness (QED) is 0.122. The van der Waals surface area contributed by atoms with Crippen molar-refractivity contribution in [2.45, 2.75) is 175 Å². The van der Waals surface area contributed by atoms with Gasteiger partial charge in [0, 0.05) is 37.6 Å². The maximum atomic E-state index is 15.0. The van der Waals surface area contributed by atoms with Crippen LogP contribution in [-0.4, -0.2) is 89.0 Å². The molecule has 4 aliphatic rings. The smallest absolute Gasteiger partial charge is 0.246 e. The molecular formula is C57H78N6O7. The second-order valence-corrected chi connectivity index (χ2v) is 22.6. The van der Waals surface area contributed by atoms with E-state index in [1.165, 1.54) is 11.1 Å². The number of nitrogens with one attached hydrogen (secondary N) is 4. The summed E-state index contributed by atoms with van der Waals surface area (Å²) in [5, 5.41) is 12.7. The van der Waals surface area contributed by atoms with Crippen molar-refractivity contribution in [1.82, 2.24) is 31.1 Å². The lowest BCUT2D eigenvalue weighted by Crippen LogP contribution is -2.61. The fraction of sp³-hybridized carbons (Fsp3) is 0.579. The molecule has 0 spiro atoms. The van der Waals surface area contributed by atoms with Crippen LogP contribution < -0.4 is 26.0 Å². The lowest BCUT2D eigenvalue weighted by atomic mass is 9.76. The number of Topliss-reactive ketones (excluding diaryl/α,β-unsaturated/α-hetero) is 1. The highest BCUT2D eigenvalue weighted by atomic mass is 16.5. The number of hydrogen-bond acceptors (Lipinski definition) is 8. The summed E-state index contributed by atoms with van der Waals surface area (Å²) in [6.07, 6.45) is 5.93. The van der Waals surface area contributed by atoms with E-state index in [0.29, 0.717) is 12.2 Å². The second-order valence-electron chi connectivity index (χ2n) is 22.6. The first-order valence-electron chi connectivity index (χ1n) is 25.8. The molecular weight excluding hydrogens is 881 g/mol. The van der Waals surface area contributed by atoms with E-state index in [-0.39, 0.29) is 85.7 Å². The summed E-state index contributed by atoms with van der Waals surface area (Å²) in [5.41, 5.74) is 5.08. The minimum absolute atomic E-state index is 0.0289. The minimum atomic E-state index is -0.901. The van der Waals surface area contributed by atoms with E-state index >= 15 is 4.79 Å². The molecule has 4 N–H and O–H groups in total. The van der Waals surface area contributed by atoms with Gasteiger partial charge in [0.15, 0.2) is 0 Å². The van der Waals surface area contributed by atoms with Crippen LogP contribution in [0.25, 0.3) is 0 Å². The molecule has 70 heavy (non-hydrogen) atoms. The van der Waals surface area contributed by atoms with Crippen molar-refractivity contribution < 1.29 is 33.5 Å². The summed E-state index contributed by atoms with van der Waals surface area (Å²) in [6, 6.07) is 18.7. The van der Waals surface area contributed by atoms with Gasteiger partial charge in [-0.1, -0.05) is 110 Å². The fourth-order valence-electron chi connectivity index (χ4n) is 10.8. The molecule has 2 heterocycles. The van der Waals surface area contributed by atoms with Crippen molar-refractivity contribution >= 4 is 35.3 Å².